The van der Waals surface area contributed by atoms with Crippen LogP contribution in [0.3, 0.4) is 0 Å². The van der Waals surface area contributed by atoms with Crippen LogP contribution in [-0.4, -0.2) is 18.9 Å². The van der Waals surface area contributed by atoms with E-state index in [1.54, 1.807) is 19.2 Å². The van der Waals surface area contributed by atoms with E-state index in [4.69, 9.17) is 4.74 Å². The Morgan fingerprint density at radius 3 is 2.03 bits per heavy atom. The molecule has 1 saturated heterocycles. The van der Waals surface area contributed by atoms with E-state index >= 15 is 0 Å². The third-order valence-corrected chi connectivity index (χ3v) is 8.07. The van der Waals surface area contributed by atoms with Gasteiger partial charge in [0.05, 0.1) is 24.6 Å². The molecule has 3 aromatic carbocycles. The first kappa shape index (κ1) is 20.2. The summed E-state index contributed by atoms with van der Waals surface area (Å²) >= 11 is 0. The van der Waals surface area contributed by atoms with E-state index < -0.39 is 0 Å². The second-order valence-corrected chi connectivity index (χ2v) is 9.52. The van der Waals surface area contributed by atoms with Gasteiger partial charge in [-0.1, -0.05) is 68.4 Å². The number of ether oxygens (including phenoxy) is 1. The van der Waals surface area contributed by atoms with Crippen molar-refractivity contribution in [3.8, 4) is 5.75 Å². The van der Waals surface area contributed by atoms with E-state index in [9.17, 15) is 9.59 Å². The molecule has 4 heteroatoms. The van der Waals surface area contributed by atoms with E-state index in [-0.39, 0.29) is 35.5 Å². The fraction of sp³-hybridized carbons (Fsp3) is 0.310. The average Bonchev–Trinajstić information content (AvgIpc) is 3.13. The average molecular weight is 438 g/mol. The molecule has 4 aliphatic rings. The predicted octanol–water partition coefficient (Wildman–Crippen LogP) is 5.61. The molecule has 5 atom stereocenters. The van der Waals surface area contributed by atoms with Crippen molar-refractivity contribution in [1.82, 2.24) is 0 Å². The lowest BCUT2D eigenvalue weighted by molar-refractivity contribution is -0.122. The van der Waals surface area contributed by atoms with Crippen molar-refractivity contribution in [1.29, 1.82) is 0 Å². The smallest absolute Gasteiger partial charge is 0.238 e. The topological polar surface area (TPSA) is 46.6 Å². The van der Waals surface area contributed by atoms with Crippen molar-refractivity contribution >= 4 is 17.5 Å². The summed E-state index contributed by atoms with van der Waals surface area (Å²) in [5, 5.41) is 0. The van der Waals surface area contributed by atoms with Gasteiger partial charge in [-0.2, -0.15) is 0 Å². The summed E-state index contributed by atoms with van der Waals surface area (Å²) in [5.41, 5.74) is 6.65. The lowest BCUT2D eigenvalue weighted by Gasteiger charge is -2.46. The Morgan fingerprint density at radius 2 is 1.39 bits per heavy atom. The molecule has 1 aliphatic heterocycles. The molecule has 166 valence electrons. The summed E-state index contributed by atoms with van der Waals surface area (Å²) in [7, 11) is 1.57. The molecular formula is C29H27NO3. The van der Waals surface area contributed by atoms with Crippen LogP contribution in [0.1, 0.15) is 65.8 Å². The Bertz CT molecular complexity index is 1300. The highest BCUT2D eigenvalue weighted by molar-refractivity contribution is 6.24. The summed E-state index contributed by atoms with van der Waals surface area (Å²) in [6.45, 7) is 4.44. The summed E-state index contributed by atoms with van der Waals surface area (Å²) < 4.78 is 5.51. The second kappa shape index (κ2) is 7.31. The molecule has 0 saturated carbocycles. The number of para-hydroxylation sites is 2. The Hall–Kier alpha value is -3.40. The first-order chi connectivity index (χ1) is 16.1. The van der Waals surface area contributed by atoms with Gasteiger partial charge in [0.2, 0.25) is 11.8 Å². The monoisotopic (exact) mass is 437 g/mol. The van der Waals surface area contributed by atoms with Crippen molar-refractivity contribution in [3.63, 3.8) is 0 Å². The molecule has 3 aromatic rings. The van der Waals surface area contributed by atoms with E-state index in [1.807, 2.05) is 24.3 Å². The highest BCUT2D eigenvalue weighted by Crippen LogP contribution is 2.61. The van der Waals surface area contributed by atoms with Gasteiger partial charge in [-0.05, 0) is 52.3 Å². The number of hydrogen-bond donors (Lipinski definition) is 0. The van der Waals surface area contributed by atoms with Crippen LogP contribution < -0.4 is 9.64 Å². The van der Waals surface area contributed by atoms with Crippen molar-refractivity contribution in [3.05, 3.63) is 94.5 Å². The zero-order chi connectivity index (χ0) is 22.9. The quantitative estimate of drug-likeness (QED) is 0.499. The Kier molecular flexibility index (Phi) is 4.48. The van der Waals surface area contributed by atoms with Crippen LogP contribution in [-0.2, 0) is 9.59 Å². The minimum Gasteiger partial charge on any atom is -0.495 e. The van der Waals surface area contributed by atoms with Gasteiger partial charge in [0.15, 0.2) is 0 Å². The number of anilines is 1. The number of carbonyl (C=O) groups is 2. The number of benzene rings is 3. The van der Waals surface area contributed by atoms with Crippen LogP contribution in [0.4, 0.5) is 5.69 Å². The van der Waals surface area contributed by atoms with E-state index in [2.05, 4.69) is 44.2 Å². The Labute approximate surface area is 194 Å². The van der Waals surface area contributed by atoms with Crippen molar-refractivity contribution < 1.29 is 14.3 Å². The van der Waals surface area contributed by atoms with E-state index in [0.29, 0.717) is 17.4 Å². The summed E-state index contributed by atoms with van der Waals surface area (Å²) in [5.74, 6) is -0.215. The number of amides is 2. The van der Waals surface area contributed by atoms with Crippen LogP contribution in [0.2, 0.25) is 0 Å². The van der Waals surface area contributed by atoms with Gasteiger partial charge in [-0.3, -0.25) is 9.59 Å². The minimum absolute atomic E-state index is 0.103. The van der Waals surface area contributed by atoms with Gasteiger partial charge in [0.25, 0.3) is 0 Å². The summed E-state index contributed by atoms with van der Waals surface area (Å²) in [6, 6.07) is 22.4. The highest BCUT2D eigenvalue weighted by Gasteiger charge is 2.62. The van der Waals surface area contributed by atoms with Gasteiger partial charge in [-0.15, -0.1) is 0 Å². The number of carbonyl (C=O) groups excluding carboxylic acids is 2. The standard InChI is InChI=1S/C29H27NO3/c1-4-16(2)17-13-14-20-21(15-17)25-19-10-6-5-9-18(19)24(20)26-27(25)29(32)30(28(26)31)22-11-7-8-12-23(22)33-3/h5-16,24-27H,4H2,1-3H3/t16-,24+,25+,26+,27-/m1/s1. The zero-order valence-electron chi connectivity index (χ0n) is 19.1. The third kappa shape index (κ3) is 2.64. The maximum atomic E-state index is 14.0. The van der Waals surface area contributed by atoms with Crippen LogP contribution in [0.5, 0.6) is 5.75 Å². The molecular weight excluding hydrogens is 410 g/mol. The van der Waals surface area contributed by atoms with Crippen molar-refractivity contribution in [2.45, 2.75) is 38.0 Å². The summed E-state index contributed by atoms with van der Waals surface area (Å²) in [6.07, 6.45) is 1.06. The molecule has 0 spiro atoms. The third-order valence-electron chi connectivity index (χ3n) is 8.07. The largest absolute Gasteiger partial charge is 0.495 e. The molecule has 0 radical (unpaired) electrons. The maximum absolute atomic E-state index is 14.0. The Morgan fingerprint density at radius 1 is 0.818 bits per heavy atom. The van der Waals surface area contributed by atoms with Crippen LogP contribution in [0.25, 0.3) is 0 Å². The highest BCUT2D eigenvalue weighted by atomic mass is 16.5. The molecule has 0 N–H and O–H groups in total. The molecule has 33 heavy (non-hydrogen) atoms. The molecule has 1 heterocycles. The summed E-state index contributed by atoms with van der Waals surface area (Å²) in [4.78, 5) is 29.2. The second-order valence-electron chi connectivity index (χ2n) is 9.52. The predicted molar refractivity (Wildman–Crippen MR) is 128 cm³/mol. The first-order valence-corrected chi connectivity index (χ1v) is 11.8. The van der Waals surface area contributed by atoms with E-state index in [0.717, 1.165) is 6.42 Å². The molecule has 3 aliphatic carbocycles. The number of rotatable bonds is 4. The molecule has 4 nitrogen and oxygen atoms in total. The number of hydrogen-bond acceptors (Lipinski definition) is 3. The fourth-order valence-corrected chi connectivity index (χ4v) is 6.34. The van der Waals surface area contributed by atoms with E-state index in [1.165, 1.54) is 32.7 Å². The number of methoxy groups -OCH3 is 1. The van der Waals surface area contributed by atoms with Gasteiger partial charge < -0.3 is 4.74 Å². The molecule has 2 bridgehead atoms. The minimum atomic E-state index is -0.387. The normalized spacial score (nSPS) is 25.5. The number of imide groups is 1. The van der Waals surface area contributed by atoms with Gasteiger partial charge in [-0.25, -0.2) is 4.90 Å². The molecule has 0 aromatic heterocycles. The first-order valence-electron chi connectivity index (χ1n) is 11.8. The van der Waals surface area contributed by atoms with Gasteiger partial charge in [0.1, 0.15) is 5.75 Å². The van der Waals surface area contributed by atoms with Crippen LogP contribution >= 0.6 is 0 Å². The van der Waals surface area contributed by atoms with Gasteiger partial charge in [0, 0.05) is 11.8 Å². The maximum Gasteiger partial charge on any atom is 0.238 e. The number of nitrogens with zero attached hydrogens (tertiary/aromatic N) is 1. The van der Waals surface area contributed by atoms with Crippen LogP contribution in [0, 0.1) is 11.8 Å². The van der Waals surface area contributed by atoms with Crippen LogP contribution in [0.15, 0.2) is 66.7 Å². The van der Waals surface area contributed by atoms with Crippen molar-refractivity contribution in [2.75, 3.05) is 12.0 Å². The molecule has 2 amide bonds. The van der Waals surface area contributed by atoms with Crippen molar-refractivity contribution in [2.24, 2.45) is 11.8 Å². The molecule has 1 fully saturated rings. The Balaban J connectivity index is 1.55. The molecule has 7 rings (SSSR count). The lowest BCUT2D eigenvalue weighted by Crippen LogP contribution is -2.41. The lowest BCUT2D eigenvalue weighted by atomic mass is 9.54. The van der Waals surface area contributed by atoms with Gasteiger partial charge >= 0.3 is 0 Å². The zero-order valence-corrected chi connectivity index (χ0v) is 19.1. The SMILES string of the molecule is CC[C@@H](C)c1ccc2c(c1)[C@@H]1c3ccccc3[C@@H]2[C@@H]2C(=O)N(c3ccccc3OC)C(=O)[C@H]12. The molecule has 0 unspecified atom stereocenters. The fourth-order valence-electron chi connectivity index (χ4n) is 6.34.